The lowest BCUT2D eigenvalue weighted by atomic mass is 9.98. The van der Waals surface area contributed by atoms with Crippen molar-refractivity contribution in [3.05, 3.63) is 82.6 Å². The van der Waals surface area contributed by atoms with Gasteiger partial charge in [0.2, 0.25) is 5.96 Å². The Labute approximate surface area is 167 Å². The van der Waals surface area contributed by atoms with E-state index in [9.17, 15) is 0 Å². The highest BCUT2D eigenvalue weighted by Gasteiger charge is 2.39. The summed E-state index contributed by atoms with van der Waals surface area (Å²) < 4.78 is 0. The van der Waals surface area contributed by atoms with E-state index in [0.29, 0.717) is 6.04 Å². The molecule has 4 nitrogen and oxygen atoms in total. The molecule has 5 rings (SSSR count). The van der Waals surface area contributed by atoms with Gasteiger partial charge in [-0.1, -0.05) is 54.6 Å². The molecule has 144 valence electrons. The van der Waals surface area contributed by atoms with Gasteiger partial charge in [0.05, 0.1) is 12.6 Å². The molecule has 2 aromatic carbocycles. The highest BCUT2D eigenvalue weighted by Crippen LogP contribution is 2.32. The fraction of sp³-hybridized carbons (Fsp3) is 0.375. The first kappa shape index (κ1) is 17.5. The lowest BCUT2D eigenvalue weighted by Gasteiger charge is -2.43. The lowest BCUT2D eigenvalue weighted by Crippen LogP contribution is -2.53. The molecule has 4 heteroatoms. The van der Waals surface area contributed by atoms with Crippen molar-refractivity contribution < 1.29 is 0 Å². The van der Waals surface area contributed by atoms with Gasteiger partial charge in [-0.05, 0) is 35.6 Å². The molecule has 0 amide bonds. The van der Waals surface area contributed by atoms with Crippen LogP contribution in [-0.2, 0) is 13.0 Å². The van der Waals surface area contributed by atoms with E-state index in [1.54, 1.807) is 5.57 Å². The van der Waals surface area contributed by atoms with Crippen molar-refractivity contribution in [3.8, 4) is 0 Å². The molecule has 0 spiro atoms. The molecule has 3 aliphatic heterocycles. The minimum absolute atomic E-state index is 0.431. The van der Waals surface area contributed by atoms with Gasteiger partial charge in [0, 0.05) is 38.3 Å². The molecule has 0 fully saturated rings. The molecule has 0 radical (unpaired) electrons. The van der Waals surface area contributed by atoms with Gasteiger partial charge in [-0.25, -0.2) is 0 Å². The highest BCUT2D eigenvalue weighted by molar-refractivity contribution is 5.86. The lowest BCUT2D eigenvalue weighted by molar-refractivity contribution is 0.288. The normalized spacial score (nSPS) is 21.5. The molecule has 0 aromatic heterocycles. The van der Waals surface area contributed by atoms with Crippen LogP contribution >= 0.6 is 0 Å². The predicted molar refractivity (Wildman–Crippen MR) is 114 cm³/mol. The van der Waals surface area contributed by atoms with Crippen LogP contribution in [-0.4, -0.2) is 48.0 Å². The van der Waals surface area contributed by atoms with E-state index in [1.807, 2.05) is 0 Å². The van der Waals surface area contributed by atoms with Crippen LogP contribution in [0.15, 0.2) is 70.9 Å². The largest absolute Gasteiger partial charge is 0.334 e. The van der Waals surface area contributed by atoms with Gasteiger partial charge in [0.1, 0.15) is 0 Å². The van der Waals surface area contributed by atoms with E-state index in [0.717, 1.165) is 45.6 Å². The zero-order valence-electron chi connectivity index (χ0n) is 16.6. The fourth-order valence-electron chi connectivity index (χ4n) is 4.73. The number of guanidine groups is 1. The number of aliphatic imine (C=N–C) groups is 1. The van der Waals surface area contributed by atoms with Crippen molar-refractivity contribution in [1.29, 1.82) is 0 Å². The van der Waals surface area contributed by atoms with E-state index in [4.69, 9.17) is 4.99 Å². The molecular formula is C24H28N4. The van der Waals surface area contributed by atoms with Crippen LogP contribution in [0.5, 0.6) is 0 Å². The Morgan fingerprint density at radius 3 is 2.75 bits per heavy atom. The van der Waals surface area contributed by atoms with Crippen molar-refractivity contribution >= 4 is 5.96 Å². The quantitative estimate of drug-likeness (QED) is 0.893. The van der Waals surface area contributed by atoms with Crippen LogP contribution < -0.4 is 5.32 Å². The Hall–Kier alpha value is -2.59. The van der Waals surface area contributed by atoms with Gasteiger partial charge in [-0.2, -0.15) is 0 Å². The summed E-state index contributed by atoms with van der Waals surface area (Å²) in [5.74, 6) is 1.19. The second-order valence-electron chi connectivity index (χ2n) is 8.11. The molecule has 28 heavy (non-hydrogen) atoms. The van der Waals surface area contributed by atoms with Crippen LogP contribution in [0.1, 0.15) is 23.1 Å². The third-order valence-corrected chi connectivity index (χ3v) is 6.20. The van der Waals surface area contributed by atoms with E-state index >= 15 is 0 Å². The van der Waals surface area contributed by atoms with Gasteiger partial charge in [0.15, 0.2) is 0 Å². The maximum absolute atomic E-state index is 5.05. The summed E-state index contributed by atoms with van der Waals surface area (Å²) in [7, 11) is 0. The molecular weight excluding hydrogens is 344 g/mol. The average molecular weight is 373 g/mol. The summed E-state index contributed by atoms with van der Waals surface area (Å²) in [6.45, 7) is 7.08. The molecule has 0 saturated heterocycles. The molecule has 0 aliphatic carbocycles. The van der Waals surface area contributed by atoms with Crippen LogP contribution in [0.4, 0.5) is 0 Å². The van der Waals surface area contributed by atoms with Crippen molar-refractivity contribution in [1.82, 2.24) is 15.1 Å². The zero-order chi connectivity index (χ0) is 18.9. The standard InChI is InChI=1S/C24H28N4/c1-18-7-5-6-10-20(18)16-27-17-21-14-25-12-11-23(21)28-22(15-26-24(27)28)13-19-8-3-2-4-9-19/h2-10,22,25H,11-17H2,1H3. The second kappa shape index (κ2) is 7.44. The van der Waals surface area contributed by atoms with Crippen LogP contribution in [0.3, 0.4) is 0 Å². The number of hydrogen-bond acceptors (Lipinski definition) is 4. The number of rotatable bonds is 4. The number of nitrogens with one attached hydrogen (secondary N) is 1. The molecule has 0 bridgehead atoms. The molecule has 2 aromatic rings. The van der Waals surface area contributed by atoms with E-state index in [-0.39, 0.29) is 0 Å². The summed E-state index contributed by atoms with van der Waals surface area (Å²) in [4.78, 5) is 10.1. The highest BCUT2D eigenvalue weighted by atomic mass is 15.4. The summed E-state index contributed by atoms with van der Waals surface area (Å²) in [5, 5.41) is 3.57. The first-order chi connectivity index (χ1) is 13.8. The SMILES string of the molecule is Cc1ccccc1CN1CC2=C(CCNC2)N2C1=NCC2Cc1ccccc1. The topological polar surface area (TPSA) is 30.9 Å². The van der Waals surface area contributed by atoms with Crippen molar-refractivity contribution in [2.75, 3.05) is 26.2 Å². The molecule has 1 N–H and O–H groups in total. The Bertz CT molecular complexity index is 915. The van der Waals surface area contributed by atoms with Crippen LogP contribution in [0.25, 0.3) is 0 Å². The van der Waals surface area contributed by atoms with Gasteiger partial charge < -0.3 is 15.1 Å². The Balaban J connectivity index is 1.45. The molecule has 0 saturated carbocycles. The smallest absolute Gasteiger partial charge is 0.201 e. The molecule has 3 aliphatic rings. The summed E-state index contributed by atoms with van der Waals surface area (Å²) >= 11 is 0. The molecule has 3 heterocycles. The Morgan fingerprint density at radius 1 is 1.07 bits per heavy atom. The van der Waals surface area contributed by atoms with Crippen molar-refractivity contribution in [3.63, 3.8) is 0 Å². The minimum atomic E-state index is 0.431. The third kappa shape index (κ3) is 3.22. The first-order valence-corrected chi connectivity index (χ1v) is 10.4. The summed E-state index contributed by atoms with van der Waals surface area (Å²) in [5.41, 5.74) is 7.21. The van der Waals surface area contributed by atoms with Gasteiger partial charge in [0.25, 0.3) is 0 Å². The fourth-order valence-corrected chi connectivity index (χ4v) is 4.73. The monoisotopic (exact) mass is 372 g/mol. The number of benzene rings is 2. The van der Waals surface area contributed by atoms with Gasteiger partial charge in [-0.15, -0.1) is 0 Å². The maximum atomic E-state index is 5.05. The second-order valence-corrected chi connectivity index (χ2v) is 8.11. The van der Waals surface area contributed by atoms with Crippen molar-refractivity contribution in [2.24, 2.45) is 4.99 Å². The van der Waals surface area contributed by atoms with Gasteiger partial charge in [-0.3, -0.25) is 4.99 Å². The average Bonchev–Trinajstić information content (AvgIpc) is 3.15. The number of hydrogen-bond donors (Lipinski definition) is 1. The Morgan fingerprint density at radius 2 is 1.89 bits per heavy atom. The van der Waals surface area contributed by atoms with Crippen LogP contribution in [0.2, 0.25) is 0 Å². The first-order valence-electron chi connectivity index (χ1n) is 10.4. The Kier molecular flexibility index (Phi) is 4.65. The van der Waals surface area contributed by atoms with E-state index < -0.39 is 0 Å². The number of nitrogens with zero attached hydrogens (tertiary/aromatic N) is 3. The van der Waals surface area contributed by atoms with E-state index in [1.165, 1.54) is 28.3 Å². The third-order valence-electron chi connectivity index (χ3n) is 6.20. The number of fused-ring (bicyclic) bond motifs is 2. The summed E-state index contributed by atoms with van der Waals surface area (Å²) in [6.07, 6.45) is 2.16. The minimum Gasteiger partial charge on any atom is -0.334 e. The summed E-state index contributed by atoms with van der Waals surface area (Å²) in [6, 6.07) is 20.0. The molecule has 1 unspecified atom stereocenters. The van der Waals surface area contributed by atoms with E-state index in [2.05, 4.69) is 76.6 Å². The predicted octanol–water partition coefficient (Wildman–Crippen LogP) is 3.34. The van der Waals surface area contributed by atoms with Crippen molar-refractivity contribution in [2.45, 2.75) is 32.4 Å². The maximum Gasteiger partial charge on any atom is 0.201 e. The number of aryl methyl sites for hydroxylation is 1. The zero-order valence-corrected chi connectivity index (χ0v) is 16.6. The van der Waals surface area contributed by atoms with Gasteiger partial charge >= 0.3 is 0 Å². The molecule has 1 atom stereocenters. The van der Waals surface area contributed by atoms with Crippen LogP contribution in [0, 0.1) is 6.92 Å².